The van der Waals surface area contributed by atoms with Crippen molar-refractivity contribution in [2.75, 3.05) is 0 Å². The zero-order valence-corrected chi connectivity index (χ0v) is 35.6. The second-order valence-corrected chi connectivity index (χ2v) is 19.2. The molecule has 6 aromatic carbocycles. The van der Waals surface area contributed by atoms with E-state index in [4.69, 9.17) is 25.8 Å². The Hall–Kier alpha value is -6.77. The maximum absolute atomic E-state index is 13.2. The first kappa shape index (κ1) is 41.9. The van der Waals surface area contributed by atoms with Crippen molar-refractivity contribution in [2.45, 2.75) is 32.8 Å². The van der Waals surface area contributed by atoms with E-state index in [1.165, 1.54) is 48.0 Å². The Balaban J connectivity index is 1.17. The van der Waals surface area contributed by atoms with Gasteiger partial charge in [-0.3, -0.25) is 4.98 Å². The zero-order valence-electron chi connectivity index (χ0n) is 32.4. The van der Waals surface area contributed by atoms with Gasteiger partial charge in [-0.2, -0.15) is 0 Å². The molecule has 10 nitrogen and oxygen atoms in total. The Labute approximate surface area is 366 Å². The molecular formula is C48H34ClNO9S3. The van der Waals surface area contributed by atoms with Crippen LogP contribution in [0.2, 0.25) is 5.02 Å². The summed E-state index contributed by atoms with van der Waals surface area (Å²) < 4.78 is 72.9. The number of carbonyl (C=O) groups is 1. The van der Waals surface area contributed by atoms with Gasteiger partial charge in [-0.05, 0) is 114 Å². The maximum Gasteiger partial charge on any atom is 0.336 e. The highest BCUT2D eigenvalue weighted by Crippen LogP contribution is 2.47. The molecule has 0 fully saturated rings. The summed E-state index contributed by atoms with van der Waals surface area (Å²) in [5.74, 6) is 0.315. The van der Waals surface area contributed by atoms with E-state index in [2.05, 4.69) is 4.98 Å². The van der Waals surface area contributed by atoms with E-state index in [1.54, 1.807) is 140 Å². The number of ether oxygens (including phenoxy) is 3. The van der Waals surface area contributed by atoms with Crippen LogP contribution in [0.15, 0.2) is 190 Å². The van der Waals surface area contributed by atoms with E-state index in [1.807, 2.05) is 0 Å². The zero-order chi connectivity index (χ0) is 43.3. The fraction of sp³-hybridized carbons (Fsp3) is 0.0417. The molecule has 0 saturated carbocycles. The Morgan fingerprint density at radius 1 is 0.629 bits per heavy atom. The summed E-state index contributed by atoms with van der Waals surface area (Å²) in [6.45, 7) is 0.0616. The lowest BCUT2D eigenvalue weighted by Gasteiger charge is -2.15. The normalized spacial score (nSPS) is 11.9. The number of fused-ring (bicyclic) bond motifs is 1. The molecule has 0 amide bonds. The van der Waals surface area contributed by atoms with Gasteiger partial charge in [0.05, 0.1) is 30.0 Å². The van der Waals surface area contributed by atoms with Crippen molar-refractivity contribution < 1.29 is 40.9 Å². The van der Waals surface area contributed by atoms with E-state index < -0.39 is 25.6 Å². The number of sulfone groups is 2. The molecule has 0 aliphatic carbocycles. The second-order valence-electron chi connectivity index (χ2n) is 13.7. The summed E-state index contributed by atoms with van der Waals surface area (Å²) in [5.41, 5.74) is 1.82. The number of hydrogen-bond acceptors (Lipinski definition) is 10. The Kier molecular flexibility index (Phi) is 12.2. The lowest BCUT2D eigenvalue weighted by molar-refractivity contribution is -0.130. The SMILES string of the molecule is O=C(O)/C(=C/c1sc2cc(OCc3ccc(S(=O)(=O)c4ccccc4)cc3)c(OCc3ccc(S(=O)(=O)c4ccccc4)cc3)cc2c1Oc1ccc(Cl)cc1)c1ccncc1. The van der Waals surface area contributed by atoms with Crippen LogP contribution in [0.3, 0.4) is 0 Å². The lowest BCUT2D eigenvalue weighted by atomic mass is 10.1. The number of carboxylic acids is 1. The number of pyridine rings is 1. The van der Waals surface area contributed by atoms with Crippen molar-refractivity contribution in [3.05, 3.63) is 197 Å². The van der Waals surface area contributed by atoms with Gasteiger partial charge in [0.15, 0.2) is 17.2 Å². The van der Waals surface area contributed by atoms with Crippen molar-refractivity contribution >= 4 is 70.3 Å². The van der Waals surface area contributed by atoms with Gasteiger partial charge in [-0.1, -0.05) is 72.3 Å². The third-order valence-electron chi connectivity index (χ3n) is 9.63. The van der Waals surface area contributed by atoms with Crippen LogP contribution in [0.5, 0.6) is 23.0 Å². The predicted molar refractivity (Wildman–Crippen MR) is 238 cm³/mol. The van der Waals surface area contributed by atoms with Crippen LogP contribution in [0.4, 0.5) is 0 Å². The van der Waals surface area contributed by atoms with E-state index in [-0.39, 0.29) is 38.4 Å². The van der Waals surface area contributed by atoms with Crippen LogP contribution in [-0.2, 0) is 37.7 Å². The van der Waals surface area contributed by atoms with Gasteiger partial charge in [0.2, 0.25) is 19.7 Å². The first-order chi connectivity index (χ1) is 30.0. The summed E-state index contributed by atoms with van der Waals surface area (Å²) in [7, 11) is -7.46. The average molecular weight is 900 g/mol. The summed E-state index contributed by atoms with van der Waals surface area (Å²) in [4.78, 5) is 17.8. The minimum atomic E-state index is -3.73. The van der Waals surface area contributed by atoms with Crippen LogP contribution < -0.4 is 14.2 Å². The van der Waals surface area contributed by atoms with Crippen LogP contribution >= 0.6 is 22.9 Å². The maximum atomic E-state index is 13.2. The van der Waals surface area contributed by atoms with Crippen molar-refractivity contribution in [1.29, 1.82) is 0 Å². The van der Waals surface area contributed by atoms with E-state index in [0.29, 0.717) is 59.7 Å². The molecule has 0 aliphatic rings. The van der Waals surface area contributed by atoms with Crippen LogP contribution in [0.1, 0.15) is 21.6 Å². The minimum absolute atomic E-state index is 0.0170. The van der Waals surface area contributed by atoms with Crippen molar-refractivity contribution in [1.82, 2.24) is 4.98 Å². The standard InChI is InChI=1S/C48H34ClNO9S3/c49-35-15-17-36(18-16-35)59-47-42-27-43(57-30-32-11-19-39(20-12-32)61(53,54)37-7-3-1-4-8-37)44(29-45(42)60-46(47)28-41(48(51)52)34-23-25-50-26-24-34)58-31-33-13-21-40(22-14-33)62(55,56)38-9-5-2-6-10-38/h1-29H,30-31H2,(H,51,52)/b41-28+. The Morgan fingerprint density at radius 2 is 1.11 bits per heavy atom. The van der Waals surface area contributed by atoms with Gasteiger partial charge in [0.25, 0.3) is 0 Å². The smallest absolute Gasteiger partial charge is 0.336 e. The van der Waals surface area contributed by atoms with E-state index in [9.17, 15) is 26.7 Å². The second kappa shape index (κ2) is 18.1. The molecule has 0 radical (unpaired) electrons. The summed E-state index contributed by atoms with van der Waals surface area (Å²) >= 11 is 7.47. The summed E-state index contributed by atoms with van der Waals surface area (Å²) in [6.07, 6.45) is 4.58. The summed E-state index contributed by atoms with van der Waals surface area (Å²) in [6, 6.07) is 42.7. The van der Waals surface area contributed by atoms with Gasteiger partial charge in [-0.25, -0.2) is 21.6 Å². The third kappa shape index (κ3) is 9.26. The number of thiophene rings is 1. The van der Waals surface area contributed by atoms with Gasteiger partial charge in [0.1, 0.15) is 19.0 Å². The molecular weight excluding hydrogens is 866 g/mol. The molecule has 0 spiro atoms. The number of benzene rings is 6. The molecule has 2 heterocycles. The molecule has 0 saturated heterocycles. The molecule has 0 bridgehead atoms. The van der Waals surface area contributed by atoms with Gasteiger partial charge < -0.3 is 19.3 Å². The lowest BCUT2D eigenvalue weighted by Crippen LogP contribution is -2.04. The quantitative estimate of drug-likeness (QED) is 0.0987. The number of aliphatic carboxylic acids is 1. The van der Waals surface area contributed by atoms with Gasteiger partial charge >= 0.3 is 5.97 Å². The largest absolute Gasteiger partial charge is 0.485 e. The molecule has 14 heteroatoms. The fourth-order valence-corrected chi connectivity index (χ4v) is 10.2. The number of halogens is 1. The van der Waals surface area contributed by atoms with E-state index in [0.717, 1.165) is 0 Å². The van der Waals surface area contributed by atoms with Gasteiger partial charge in [0, 0.05) is 33.6 Å². The van der Waals surface area contributed by atoms with Crippen LogP contribution in [-0.4, -0.2) is 32.9 Å². The monoisotopic (exact) mass is 899 g/mol. The molecule has 62 heavy (non-hydrogen) atoms. The molecule has 310 valence electrons. The first-order valence-corrected chi connectivity index (χ1v) is 23.0. The highest BCUT2D eigenvalue weighted by atomic mass is 35.5. The number of rotatable bonds is 15. The highest BCUT2D eigenvalue weighted by Gasteiger charge is 2.22. The van der Waals surface area contributed by atoms with Crippen molar-refractivity contribution in [3.63, 3.8) is 0 Å². The molecule has 8 aromatic rings. The molecule has 2 aromatic heterocycles. The van der Waals surface area contributed by atoms with Crippen molar-refractivity contribution in [2.24, 2.45) is 0 Å². The predicted octanol–water partition coefficient (Wildman–Crippen LogP) is 11.2. The topological polar surface area (TPSA) is 146 Å². The first-order valence-electron chi connectivity index (χ1n) is 18.9. The molecule has 8 rings (SSSR count). The summed E-state index contributed by atoms with van der Waals surface area (Å²) in [5, 5.41) is 11.4. The Bertz CT molecular complexity index is 3120. The number of nitrogens with zero attached hydrogens (tertiary/aromatic N) is 1. The Morgan fingerprint density at radius 3 is 1.61 bits per heavy atom. The van der Waals surface area contributed by atoms with Crippen LogP contribution in [0.25, 0.3) is 21.7 Å². The van der Waals surface area contributed by atoms with Gasteiger partial charge in [-0.15, -0.1) is 11.3 Å². The number of hydrogen-bond donors (Lipinski definition) is 1. The molecule has 0 unspecified atom stereocenters. The minimum Gasteiger partial charge on any atom is -0.485 e. The number of aromatic nitrogens is 1. The van der Waals surface area contributed by atoms with E-state index >= 15 is 0 Å². The third-order valence-corrected chi connectivity index (χ3v) is 14.5. The van der Waals surface area contributed by atoms with Crippen LogP contribution in [0, 0.1) is 0 Å². The number of carboxylic acid groups (broad SMARTS) is 1. The molecule has 1 N–H and O–H groups in total. The molecule has 0 atom stereocenters. The average Bonchev–Trinajstić information content (AvgIpc) is 3.63. The highest BCUT2D eigenvalue weighted by molar-refractivity contribution is 7.91. The fourth-order valence-electron chi connectivity index (χ4n) is 6.40. The van der Waals surface area contributed by atoms with Crippen molar-refractivity contribution in [3.8, 4) is 23.0 Å². The molecule has 0 aliphatic heterocycles.